The summed E-state index contributed by atoms with van der Waals surface area (Å²) in [7, 11) is 0. The Bertz CT molecular complexity index is 684. The van der Waals surface area contributed by atoms with Gasteiger partial charge in [0.05, 0.1) is 15.7 Å². The van der Waals surface area contributed by atoms with E-state index >= 15 is 0 Å². The highest BCUT2D eigenvalue weighted by molar-refractivity contribution is 6.42. The molecule has 0 fully saturated rings. The maximum atomic E-state index is 12.3. The monoisotopic (exact) mass is 346 g/mol. The number of ether oxygens (including phenoxy) is 1. The van der Waals surface area contributed by atoms with Crippen molar-refractivity contribution >= 4 is 40.6 Å². The van der Waals surface area contributed by atoms with Gasteiger partial charge in [0.25, 0.3) is 0 Å². The first-order chi connectivity index (χ1) is 10.5. The molecule has 0 atom stereocenters. The van der Waals surface area contributed by atoms with Gasteiger partial charge >= 0.3 is 12.6 Å². The van der Waals surface area contributed by atoms with E-state index in [4.69, 9.17) is 23.2 Å². The number of para-hydroxylation sites is 2. The van der Waals surface area contributed by atoms with Crippen molar-refractivity contribution in [2.45, 2.75) is 6.61 Å². The van der Waals surface area contributed by atoms with Gasteiger partial charge in [-0.3, -0.25) is 0 Å². The Balaban J connectivity index is 2.07. The fourth-order valence-electron chi connectivity index (χ4n) is 1.63. The minimum Gasteiger partial charge on any atom is -0.433 e. The standard InChI is InChI=1S/C14H10Cl2F2N2O2/c15-9-6-5-8(7-10(9)16)19-14(21)20-11-3-1-2-4-12(11)22-13(17)18/h1-7,13H,(H2,19,20,21). The lowest BCUT2D eigenvalue weighted by Gasteiger charge is -2.12. The van der Waals surface area contributed by atoms with E-state index in [1.165, 1.54) is 30.3 Å². The molecule has 0 aliphatic carbocycles. The number of amides is 2. The molecule has 0 aliphatic rings. The van der Waals surface area contributed by atoms with E-state index in [1.54, 1.807) is 12.1 Å². The minimum absolute atomic E-state index is 0.111. The molecule has 4 nitrogen and oxygen atoms in total. The lowest BCUT2D eigenvalue weighted by Crippen LogP contribution is -2.20. The lowest BCUT2D eigenvalue weighted by atomic mass is 10.3. The van der Waals surface area contributed by atoms with Crippen molar-refractivity contribution in [2.24, 2.45) is 0 Å². The van der Waals surface area contributed by atoms with Crippen LogP contribution in [0.4, 0.5) is 25.0 Å². The van der Waals surface area contributed by atoms with Crippen LogP contribution in [0.25, 0.3) is 0 Å². The summed E-state index contributed by atoms with van der Waals surface area (Å²) in [5.41, 5.74) is 0.513. The van der Waals surface area contributed by atoms with Crippen LogP contribution in [0.1, 0.15) is 0 Å². The molecule has 0 aromatic heterocycles. The average molecular weight is 347 g/mol. The second-order valence-electron chi connectivity index (χ2n) is 4.08. The summed E-state index contributed by atoms with van der Waals surface area (Å²) in [6, 6.07) is 9.75. The summed E-state index contributed by atoms with van der Waals surface area (Å²) in [5, 5.41) is 5.55. The van der Waals surface area contributed by atoms with E-state index in [0.717, 1.165) is 0 Å². The van der Waals surface area contributed by atoms with Gasteiger partial charge < -0.3 is 15.4 Å². The zero-order valence-electron chi connectivity index (χ0n) is 10.9. The second kappa shape index (κ2) is 7.29. The third kappa shape index (κ3) is 4.47. The molecule has 8 heteroatoms. The number of rotatable bonds is 4. The van der Waals surface area contributed by atoms with Crippen molar-refractivity contribution in [1.82, 2.24) is 0 Å². The Morgan fingerprint density at radius 1 is 1.05 bits per heavy atom. The maximum Gasteiger partial charge on any atom is 0.387 e. The molecule has 116 valence electrons. The van der Waals surface area contributed by atoms with Crippen molar-refractivity contribution in [1.29, 1.82) is 0 Å². The van der Waals surface area contributed by atoms with E-state index in [1.807, 2.05) is 0 Å². The van der Waals surface area contributed by atoms with Crippen LogP contribution in [-0.4, -0.2) is 12.6 Å². The second-order valence-corrected chi connectivity index (χ2v) is 4.90. The van der Waals surface area contributed by atoms with Crippen LogP contribution in [0.2, 0.25) is 10.0 Å². The summed E-state index contributed by atoms with van der Waals surface area (Å²) in [4.78, 5) is 11.9. The van der Waals surface area contributed by atoms with E-state index in [-0.39, 0.29) is 16.5 Å². The van der Waals surface area contributed by atoms with Gasteiger partial charge in [0.15, 0.2) is 0 Å². The number of hydrogen-bond acceptors (Lipinski definition) is 2. The summed E-state index contributed by atoms with van der Waals surface area (Å²) in [6.07, 6.45) is 0. The molecule has 2 rings (SSSR count). The first-order valence-corrected chi connectivity index (χ1v) is 6.78. The maximum absolute atomic E-state index is 12.3. The molecule has 0 bridgehead atoms. The summed E-state index contributed by atoms with van der Waals surface area (Å²) >= 11 is 11.6. The molecule has 0 unspecified atom stereocenters. The molecule has 2 amide bonds. The summed E-state index contributed by atoms with van der Waals surface area (Å²) in [5.74, 6) is -0.137. The van der Waals surface area contributed by atoms with Crippen molar-refractivity contribution < 1.29 is 18.3 Å². The number of carbonyl (C=O) groups excluding carboxylic acids is 1. The van der Waals surface area contributed by atoms with Crippen molar-refractivity contribution in [3.63, 3.8) is 0 Å². The van der Waals surface area contributed by atoms with Crippen LogP contribution >= 0.6 is 23.2 Å². The fraction of sp³-hybridized carbons (Fsp3) is 0.0714. The third-order valence-electron chi connectivity index (χ3n) is 2.53. The molecule has 0 radical (unpaired) electrons. The average Bonchev–Trinajstić information content (AvgIpc) is 2.44. The van der Waals surface area contributed by atoms with E-state index in [2.05, 4.69) is 15.4 Å². The Labute approximate surface area is 135 Å². The normalized spacial score (nSPS) is 10.4. The first kappa shape index (κ1) is 16.3. The number of halogens is 4. The lowest BCUT2D eigenvalue weighted by molar-refractivity contribution is -0.0493. The molecule has 0 saturated carbocycles. The van der Waals surface area contributed by atoms with Gasteiger partial charge in [-0.05, 0) is 30.3 Å². The highest BCUT2D eigenvalue weighted by atomic mass is 35.5. The quantitative estimate of drug-likeness (QED) is 0.795. The smallest absolute Gasteiger partial charge is 0.387 e. The molecule has 2 aromatic rings. The van der Waals surface area contributed by atoms with Crippen LogP contribution in [0.5, 0.6) is 5.75 Å². The van der Waals surface area contributed by atoms with Gasteiger partial charge in [0.1, 0.15) is 5.75 Å². The molecule has 2 N–H and O–H groups in total. The molecule has 22 heavy (non-hydrogen) atoms. The van der Waals surface area contributed by atoms with Crippen LogP contribution in [0, 0.1) is 0 Å². The van der Waals surface area contributed by atoms with Gasteiger partial charge in [0, 0.05) is 5.69 Å². The zero-order chi connectivity index (χ0) is 16.1. The largest absolute Gasteiger partial charge is 0.433 e. The number of nitrogens with one attached hydrogen (secondary N) is 2. The molecule has 0 saturated heterocycles. The number of benzene rings is 2. The van der Waals surface area contributed by atoms with Gasteiger partial charge in [-0.15, -0.1) is 0 Å². The van der Waals surface area contributed by atoms with Gasteiger partial charge in [-0.25, -0.2) is 4.79 Å². The first-order valence-electron chi connectivity index (χ1n) is 6.02. The highest BCUT2D eigenvalue weighted by Gasteiger charge is 2.11. The van der Waals surface area contributed by atoms with E-state index in [0.29, 0.717) is 10.7 Å². The minimum atomic E-state index is -2.99. The third-order valence-corrected chi connectivity index (χ3v) is 3.27. The summed E-state index contributed by atoms with van der Waals surface area (Å²) in [6.45, 7) is -2.99. The SMILES string of the molecule is O=C(Nc1ccc(Cl)c(Cl)c1)Nc1ccccc1OC(F)F. The molecular weight excluding hydrogens is 337 g/mol. The number of alkyl halides is 2. The van der Waals surface area contributed by atoms with Crippen molar-refractivity contribution in [3.8, 4) is 5.75 Å². The van der Waals surface area contributed by atoms with E-state index < -0.39 is 12.6 Å². The summed E-state index contributed by atoms with van der Waals surface area (Å²) < 4.78 is 28.9. The Morgan fingerprint density at radius 2 is 1.77 bits per heavy atom. The predicted octanol–water partition coefficient (Wildman–Crippen LogP) is 5.24. The van der Waals surface area contributed by atoms with Crippen LogP contribution in [-0.2, 0) is 0 Å². The van der Waals surface area contributed by atoms with Crippen LogP contribution in [0.15, 0.2) is 42.5 Å². The van der Waals surface area contributed by atoms with Crippen LogP contribution < -0.4 is 15.4 Å². The molecule has 0 spiro atoms. The topological polar surface area (TPSA) is 50.4 Å². The number of urea groups is 1. The zero-order valence-corrected chi connectivity index (χ0v) is 12.5. The van der Waals surface area contributed by atoms with Crippen molar-refractivity contribution in [2.75, 3.05) is 10.6 Å². The van der Waals surface area contributed by atoms with Gasteiger partial charge in [-0.2, -0.15) is 8.78 Å². The Morgan fingerprint density at radius 3 is 2.45 bits per heavy atom. The fourth-order valence-corrected chi connectivity index (χ4v) is 1.93. The van der Waals surface area contributed by atoms with Gasteiger partial charge in [0.2, 0.25) is 0 Å². The highest BCUT2D eigenvalue weighted by Crippen LogP contribution is 2.27. The van der Waals surface area contributed by atoms with E-state index in [9.17, 15) is 13.6 Å². The van der Waals surface area contributed by atoms with Crippen molar-refractivity contribution in [3.05, 3.63) is 52.5 Å². The Hall–Kier alpha value is -2.05. The number of hydrogen-bond donors (Lipinski definition) is 2. The Kier molecular flexibility index (Phi) is 5.41. The molecule has 0 heterocycles. The predicted molar refractivity (Wildman–Crippen MR) is 82.2 cm³/mol. The molecule has 0 aliphatic heterocycles. The van der Waals surface area contributed by atoms with Crippen LogP contribution in [0.3, 0.4) is 0 Å². The van der Waals surface area contributed by atoms with Gasteiger partial charge in [-0.1, -0.05) is 35.3 Å². The number of anilines is 2. The molecular formula is C14H10Cl2F2N2O2. The number of carbonyl (C=O) groups is 1. The molecule has 2 aromatic carbocycles.